The summed E-state index contributed by atoms with van der Waals surface area (Å²) in [6.45, 7) is 4.66. The Hall–Kier alpha value is -3.71. The van der Waals surface area contributed by atoms with Crippen LogP contribution >= 0.6 is 0 Å². The molecule has 172 valence electrons. The van der Waals surface area contributed by atoms with Crippen molar-refractivity contribution < 1.29 is 24.6 Å². The van der Waals surface area contributed by atoms with E-state index in [4.69, 9.17) is 19.8 Å². The highest BCUT2D eigenvalue weighted by Gasteiger charge is 2.22. The van der Waals surface area contributed by atoms with E-state index in [1.807, 2.05) is 35.2 Å². The van der Waals surface area contributed by atoms with Gasteiger partial charge in [-0.25, -0.2) is 9.59 Å². The van der Waals surface area contributed by atoms with Crippen molar-refractivity contribution >= 4 is 28.6 Å². The molecule has 0 atom stereocenters. The lowest BCUT2D eigenvalue weighted by atomic mass is 10.0. The van der Waals surface area contributed by atoms with E-state index in [1.54, 1.807) is 0 Å². The van der Waals surface area contributed by atoms with E-state index in [-0.39, 0.29) is 5.91 Å². The second-order valence-electron chi connectivity index (χ2n) is 7.86. The summed E-state index contributed by atoms with van der Waals surface area (Å²) in [5, 5.41) is 17.0. The van der Waals surface area contributed by atoms with Crippen LogP contribution in [0.2, 0.25) is 0 Å². The highest BCUT2D eigenvalue weighted by atomic mass is 16.4. The van der Waals surface area contributed by atoms with Gasteiger partial charge in [0.05, 0.1) is 0 Å². The Balaban J connectivity index is 0.000000454. The van der Waals surface area contributed by atoms with Crippen LogP contribution in [-0.2, 0) is 16.0 Å². The molecular weight excluding hydrogens is 420 g/mol. The highest BCUT2D eigenvalue weighted by Crippen LogP contribution is 2.20. The Morgan fingerprint density at radius 3 is 2.00 bits per heavy atom. The summed E-state index contributed by atoms with van der Waals surface area (Å²) in [7, 11) is 0. The Morgan fingerprint density at radius 2 is 1.33 bits per heavy atom. The molecule has 1 saturated heterocycles. The molecule has 3 aromatic carbocycles. The van der Waals surface area contributed by atoms with Crippen LogP contribution < -0.4 is 0 Å². The number of hydrogen-bond donors (Lipinski definition) is 2. The molecule has 1 heterocycles. The van der Waals surface area contributed by atoms with Crippen molar-refractivity contribution in [1.82, 2.24) is 9.80 Å². The highest BCUT2D eigenvalue weighted by molar-refractivity contribution is 6.27. The van der Waals surface area contributed by atoms with E-state index in [9.17, 15) is 4.79 Å². The third-order valence-corrected chi connectivity index (χ3v) is 5.65. The average molecular weight is 449 g/mol. The number of carbonyl (C=O) groups excluding carboxylic acids is 1. The molecule has 33 heavy (non-hydrogen) atoms. The van der Waals surface area contributed by atoms with Crippen molar-refractivity contribution in [2.75, 3.05) is 32.7 Å². The molecule has 0 aliphatic carbocycles. The number of benzene rings is 3. The number of carboxylic acid groups (broad SMARTS) is 2. The monoisotopic (exact) mass is 448 g/mol. The van der Waals surface area contributed by atoms with Crippen LogP contribution in [0.5, 0.6) is 0 Å². The summed E-state index contributed by atoms with van der Waals surface area (Å²) in [6, 6.07) is 24.8. The molecule has 0 radical (unpaired) electrons. The number of fused-ring (bicyclic) bond motifs is 1. The summed E-state index contributed by atoms with van der Waals surface area (Å²) in [5.74, 6) is -3.49. The molecule has 1 aliphatic heterocycles. The fourth-order valence-corrected chi connectivity index (χ4v) is 3.91. The van der Waals surface area contributed by atoms with E-state index in [2.05, 4.69) is 47.4 Å². The Kier molecular flexibility index (Phi) is 8.55. The lowest BCUT2D eigenvalue weighted by Gasteiger charge is -2.35. The van der Waals surface area contributed by atoms with Crippen LogP contribution in [0.3, 0.4) is 0 Å². The normalized spacial score (nSPS) is 13.8. The van der Waals surface area contributed by atoms with Crippen LogP contribution in [0.1, 0.15) is 22.3 Å². The zero-order valence-electron chi connectivity index (χ0n) is 18.4. The van der Waals surface area contributed by atoms with Crippen molar-refractivity contribution in [3.8, 4) is 0 Å². The second kappa shape index (κ2) is 11.8. The number of amides is 1. The summed E-state index contributed by atoms with van der Waals surface area (Å²) in [4.78, 5) is 35.7. The minimum Gasteiger partial charge on any atom is -0.473 e. The molecular formula is C26H28N2O5. The summed E-state index contributed by atoms with van der Waals surface area (Å²) >= 11 is 0. The van der Waals surface area contributed by atoms with E-state index >= 15 is 0 Å². The molecule has 1 aliphatic rings. The van der Waals surface area contributed by atoms with Crippen molar-refractivity contribution in [3.05, 3.63) is 83.9 Å². The molecule has 4 rings (SSSR count). The van der Waals surface area contributed by atoms with Gasteiger partial charge in [0.15, 0.2) is 0 Å². The topological polar surface area (TPSA) is 98.1 Å². The molecule has 3 aromatic rings. The van der Waals surface area contributed by atoms with Gasteiger partial charge in [-0.2, -0.15) is 0 Å². The first kappa shape index (κ1) is 23.9. The van der Waals surface area contributed by atoms with Crippen LogP contribution in [0.15, 0.2) is 72.8 Å². The fourth-order valence-electron chi connectivity index (χ4n) is 3.91. The van der Waals surface area contributed by atoms with Gasteiger partial charge in [-0.15, -0.1) is 0 Å². The maximum absolute atomic E-state index is 13.0. The van der Waals surface area contributed by atoms with Gasteiger partial charge >= 0.3 is 11.9 Å². The van der Waals surface area contributed by atoms with Crippen molar-refractivity contribution in [2.24, 2.45) is 0 Å². The maximum atomic E-state index is 13.0. The van der Waals surface area contributed by atoms with Gasteiger partial charge in [-0.05, 0) is 41.8 Å². The van der Waals surface area contributed by atoms with Crippen LogP contribution in [-0.4, -0.2) is 70.6 Å². The van der Waals surface area contributed by atoms with Gasteiger partial charge in [-0.3, -0.25) is 9.69 Å². The van der Waals surface area contributed by atoms with E-state index < -0.39 is 11.9 Å². The molecule has 0 aromatic heterocycles. The number of nitrogens with zero attached hydrogens (tertiary/aromatic N) is 2. The average Bonchev–Trinajstić information content (AvgIpc) is 2.85. The van der Waals surface area contributed by atoms with Crippen molar-refractivity contribution in [3.63, 3.8) is 0 Å². The van der Waals surface area contributed by atoms with E-state index in [0.717, 1.165) is 55.5 Å². The number of aryl methyl sites for hydroxylation is 1. The Bertz CT molecular complexity index is 1070. The number of hydrogen-bond acceptors (Lipinski definition) is 4. The molecule has 0 saturated carbocycles. The zero-order chi connectivity index (χ0) is 23.6. The van der Waals surface area contributed by atoms with E-state index in [0.29, 0.717) is 0 Å². The quantitative estimate of drug-likeness (QED) is 0.581. The van der Waals surface area contributed by atoms with Crippen molar-refractivity contribution in [2.45, 2.75) is 12.8 Å². The number of carbonyl (C=O) groups is 3. The van der Waals surface area contributed by atoms with Gasteiger partial charge in [0.2, 0.25) is 0 Å². The van der Waals surface area contributed by atoms with Gasteiger partial charge < -0.3 is 15.1 Å². The number of aliphatic carboxylic acids is 2. The first-order valence-electron chi connectivity index (χ1n) is 10.9. The number of piperazine rings is 1. The van der Waals surface area contributed by atoms with Crippen LogP contribution in [0.25, 0.3) is 10.8 Å². The van der Waals surface area contributed by atoms with Crippen molar-refractivity contribution in [1.29, 1.82) is 0 Å². The minimum absolute atomic E-state index is 0.163. The third-order valence-electron chi connectivity index (χ3n) is 5.65. The largest absolute Gasteiger partial charge is 0.473 e. The lowest BCUT2D eigenvalue weighted by molar-refractivity contribution is -0.159. The van der Waals surface area contributed by atoms with Gasteiger partial charge in [-0.1, -0.05) is 66.7 Å². The SMILES string of the molecule is O=C(O)C(=O)O.O=C(c1cccc2ccccc12)N1CCN(CCCc2ccccc2)CC1. The van der Waals surface area contributed by atoms with Crippen LogP contribution in [0, 0.1) is 0 Å². The zero-order valence-corrected chi connectivity index (χ0v) is 18.4. The molecule has 7 heteroatoms. The summed E-state index contributed by atoms with van der Waals surface area (Å²) in [6.07, 6.45) is 2.29. The first-order chi connectivity index (χ1) is 16.0. The molecule has 1 amide bonds. The molecule has 7 nitrogen and oxygen atoms in total. The lowest BCUT2D eigenvalue weighted by Crippen LogP contribution is -2.48. The molecule has 0 bridgehead atoms. The third kappa shape index (κ3) is 6.89. The van der Waals surface area contributed by atoms with E-state index in [1.165, 1.54) is 12.0 Å². The van der Waals surface area contributed by atoms with Gasteiger partial charge in [0.25, 0.3) is 5.91 Å². The Labute approximate surface area is 192 Å². The minimum atomic E-state index is -1.82. The second-order valence-corrected chi connectivity index (χ2v) is 7.86. The smallest absolute Gasteiger partial charge is 0.414 e. The Morgan fingerprint density at radius 1 is 0.727 bits per heavy atom. The standard InChI is InChI=1S/C24H26N2O.C2H2O4/c27-24(23-14-6-12-21-11-4-5-13-22(21)23)26-18-16-25(17-19-26)15-7-10-20-8-2-1-3-9-20;3-1(4)2(5)6/h1-6,8-9,11-14H,7,10,15-19H2;(H,3,4)(H,5,6). The summed E-state index contributed by atoms with van der Waals surface area (Å²) in [5.41, 5.74) is 2.23. The maximum Gasteiger partial charge on any atom is 0.414 e. The molecule has 0 spiro atoms. The molecule has 2 N–H and O–H groups in total. The van der Waals surface area contributed by atoms with Gasteiger partial charge in [0.1, 0.15) is 0 Å². The van der Waals surface area contributed by atoms with Crippen LogP contribution in [0.4, 0.5) is 0 Å². The fraction of sp³-hybridized carbons (Fsp3) is 0.269. The number of carboxylic acids is 2. The predicted octanol–water partition coefficient (Wildman–Crippen LogP) is 3.39. The predicted molar refractivity (Wildman–Crippen MR) is 126 cm³/mol. The first-order valence-corrected chi connectivity index (χ1v) is 10.9. The van der Waals surface area contributed by atoms with Gasteiger partial charge in [0, 0.05) is 31.7 Å². The molecule has 0 unspecified atom stereocenters. The number of rotatable bonds is 5. The summed E-state index contributed by atoms with van der Waals surface area (Å²) < 4.78 is 0. The molecule has 1 fully saturated rings.